The molecule has 0 aliphatic carbocycles. The first-order valence-electron chi connectivity index (χ1n) is 8.15. The lowest BCUT2D eigenvalue weighted by molar-refractivity contribution is 0.0500. The predicted octanol–water partition coefficient (Wildman–Crippen LogP) is 4.05. The van der Waals surface area contributed by atoms with Crippen molar-refractivity contribution in [1.29, 1.82) is 0 Å². The smallest absolute Gasteiger partial charge is 0.338 e. The minimum absolute atomic E-state index is 0.166. The molecule has 26 heavy (non-hydrogen) atoms. The number of aromatic nitrogens is 1. The van der Waals surface area contributed by atoms with Crippen molar-refractivity contribution in [3.8, 4) is 0 Å². The lowest BCUT2D eigenvalue weighted by Gasteiger charge is -2.03. The Morgan fingerprint density at radius 3 is 2.69 bits per heavy atom. The Balaban J connectivity index is 1.80. The van der Waals surface area contributed by atoms with Crippen molar-refractivity contribution in [3.63, 3.8) is 0 Å². The number of fused-ring (bicyclic) bond motifs is 1. The highest BCUT2D eigenvalue weighted by molar-refractivity contribution is 7.93. The van der Waals surface area contributed by atoms with E-state index in [4.69, 9.17) is 4.74 Å². The molecule has 0 saturated carbocycles. The van der Waals surface area contributed by atoms with Gasteiger partial charge in [-0.05, 0) is 36.8 Å². The molecule has 8 heteroatoms. The third-order valence-corrected chi connectivity index (χ3v) is 6.05. The van der Waals surface area contributed by atoms with Crippen LogP contribution < -0.4 is 4.72 Å². The molecule has 0 aliphatic heterocycles. The SMILES string of the molecule is CCCCOC(=O)c1ccc2nc(NS(=O)(=O)c3ccccc3)sc2c1. The Labute approximate surface area is 155 Å². The van der Waals surface area contributed by atoms with Gasteiger partial charge in [-0.2, -0.15) is 0 Å². The van der Waals surface area contributed by atoms with Gasteiger partial charge in [0.1, 0.15) is 0 Å². The highest BCUT2D eigenvalue weighted by atomic mass is 32.2. The largest absolute Gasteiger partial charge is 0.462 e. The number of esters is 1. The first-order chi connectivity index (χ1) is 12.5. The predicted molar refractivity (Wildman–Crippen MR) is 102 cm³/mol. The molecule has 0 saturated heterocycles. The van der Waals surface area contributed by atoms with E-state index >= 15 is 0 Å². The molecule has 1 heterocycles. The van der Waals surface area contributed by atoms with Crippen LogP contribution in [0.25, 0.3) is 10.2 Å². The summed E-state index contributed by atoms with van der Waals surface area (Å²) in [6.07, 6.45) is 1.77. The lowest BCUT2D eigenvalue weighted by Crippen LogP contribution is -2.12. The van der Waals surface area contributed by atoms with Crippen molar-refractivity contribution in [2.24, 2.45) is 0 Å². The van der Waals surface area contributed by atoms with Gasteiger partial charge < -0.3 is 4.74 Å². The number of thiazole rings is 1. The van der Waals surface area contributed by atoms with Gasteiger partial charge in [-0.25, -0.2) is 18.2 Å². The molecule has 136 valence electrons. The average molecular weight is 390 g/mol. The summed E-state index contributed by atoms with van der Waals surface area (Å²) in [5.41, 5.74) is 1.04. The van der Waals surface area contributed by atoms with Gasteiger partial charge in [0.15, 0.2) is 5.13 Å². The molecular weight excluding hydrogens is 372 g/mol. The van der Waals surface area contributed by atoms with Crippen LogP contribution in [0.5, 0.6) is 0 Å². The monoisotopic (exact) mass is 390 g/mol. The first-order valence-corrected chi connectivity index (χ1v) is 10.4. The van der Waals surface area contributed by atoms with E-state index in [0.717, 1.165) is 12.8 Å². The van der Waals surface area contributed by atoms with Crippen molar-refractivity contribution < 1.29 is 17.9 Å². The zero-order chi connectivity index (χ0) is 18.6. The number of hydrogen-bond acceptors (Lipinski definition) is 6. The Bertz CT molecular complexity index is 1010. The van der Waals surface area contributed by atoms with Gasteiger partial charge in [0, 0.05) is 0 Å². The van der Waals surface area contributed by atoms with E-state index in [2.05, 4.69) is 9.71 Å². The molecule has 0 radical (unpaired) electrons. The maximum Gasteiger partial charge on any atom is 0.338 e. The minimum atomic E-state index is -3.70. The van der Waals surface area contributed by atoms with Gasteiger partial charge >= 0.3 is 5.97 Å². The maximum atomic E-state index is 12.4. The highest BCUT2D eigenvalue weighted by Gasteiger charge is 2.17. The summed E-state index contributed by atoms with van der Waals surface area (Å²) < 4.78 is 33.1. The third-order valence-electron chi connectivity index (χ3n) is 3.63. The number of carbonyl (C=O) groups is 1. The number of carbonyl (C=O) groups excluding carboxylic acids is 1. The van der Waals surface area contributed by atoms with Gasteiger partial charge in [-0.1, -0.05) is 42.9 Å². The second-order valence-electron chi connectivity index (χ2n) is 5.61. The van der Waals surface area contributed by atoms with Crippen molar-refractivity contribution >= 4 is 42.7 Å². The van der Waals surface area contributed by atoms with Crippen LogP contribution in [0.4, 0.5) is 5.13 Å². The number of nitrogens with zero attached hydrogens (tertiary/aromatic N) is 1. The van der Waals surface area contributed by atoms with Crippen LogP contribution in [0.1, 0.15) is 30.1 Å². The van der Waals surface area contributed by atoms with Crippen molar-refractivity contribution in [2.45, 2.75) is 24.7 Å². The molecule has 0 unspecified atom stereocenters. The molecule has 0 spiro atoms. The summed E-state index contributed by atoms with van der Waals surface area (Å²) in [5.74, 6) is -0.389. The van der Waals surface area contributed by atoms with Crippen molar-refractivity contribution in [1.82, 2.24) is 4.98 Å². The molecule has 1 N–H and O–H groups in total. The second kappa shape index (κ2) is 7.84. The van der Waals surface area contributed by atoms with Crippen molar-refractivity contribution in [2.75, 3.05) is 11.3 Å². The van der Waals surface area contributed by atoms with E-state index in [9.17, 15) is 13.2 Å². The maximum absolute atomic E-state index is 12.4. The minimum Gasteiger partial charge on any atom is -0.462 e. The van der Waals surface area contributed by atoms with Gasteiger partial charge in [0.05, 0.1) is 27.3 Å². The van der Waals surface area contributed by atoms with Crippen LogP contribution in [-0.2, 0) is 14.8 Å². The number of benzene rings is 2. The molecule has 0 fully saturated rings. The summed E-state index contributed by atoms with van der Waals surface area (Å²) in [7, 11) is -3.70. The van der Waals surface area contributed by atoms with Crippen molar-refractivity contribution in [3.05, 3.63) is 54.1 Å². The molecule has 0 amide bonds. The topological polar surface area (TPSA) is 85.4 Å². The van der Waals surface area contributed by atoms with Gasteiger partial charge in [0.2, 0.25) is 0 Å². The van der Waals surface area contributed by atoms with Gasteiger partial charge in [-0.3, -0.25) is 4.72 Å². The number of nitrogens with one attached hydrogen (secondary N) is 1. The number of unbranched alkanes of at least 4 members (excludes halogenated alkanes) is 1. The van der Waals surface area contributed by atoms with Crippen LogP contribution in [0, 0.1) is 0 Å². The number of hydrogen-bond donors (Lipinski definition) is 1. The molecule has 3 aromatic rings. The number of sulfonamides is 1. The van der Waals surface area contributed by atoms with E-state index in [1.54, 1.807) is 36.4 Å². The summed E-state index contributed by atoms with van der Waals surface area (Å²) in [6.45, 7) is 2.41. The Kier molecular flexibility index (Phi) is 5.53. The van der Waals surface area contributed by atoms with Crippen LogP contribution in [0.3, 0.4) is 0 Å². The fourth-order valence-corrected chi connectivity index (χ4v) is 4.42. The van der Waals surface area contributed by atoms with Crippen LogP contribution >= 0.6 is 11.3 Å². The molecule has 3 rings (SSSR count). The van der Waals surface area contributed by atoms with E-state index in [1.165, 1.54) is 23.5 Å². The van der Waals surface area contributed by atoms with E-state index < -0.39 is 10.0 Å². The van der Waals surface area contributed by atoms with E-state index in [0.29, 0.717) is 22.4 Å². The first kappa shape index (κ1) is 18.3. The van der Waals surface area contributed by atoms with E-state index in [1.807, 2.05) is 6.92 Å². The average Bonchev–Trinajstić information content (AvgIpc) is 3.03. The lowest BCUT2D eigenvalue weighted by atomic mass is 10.2. The Hall–Kier alpha value is -2.45. The number of anilines is 1. The third kappa shape index (κ3) is 4.20. The fourth-order valence-electron chi connectivity index (χ4n) is 2.26. The molecule has 0 bridgehead atoms. The normalized spacial score (nSPS) is 11.4. The molecule has 0 atom stereocenters. The van der Waals surface area contributed by atoms with Gasteiger partial charge in [-0.15, -0.1) is 0 Å². The van der Waals surface area contributed by atoms with Gasteiger partial charge in [0.25, 0.3) is 10.0 Å². The fraction of sp³-hybridized carbons (Fsp3) is 0.222. The Morgan fingerprint density at radius 2 is 1.96 bits per heavy atom. The quantitative estimate of drug-likeness (QED) is 0.486. The summed E-state index contributed by atoms with van der Waals surface area (Å²) >= 11 is 1.17. The second-order valence-corrected chi connectivity index (χ2v) is 8.32. The summed E-state index contributed by atoms with van der Waals surface area (Å²) in [4.78, 5) is 16.5. The molecule has 6 nitrogen and oxygen atoms in total. The van der Waals surface area contributed by atoms with Crippen LogP contribution in [0.2, 0.25) is 0 Å². The van der Waals surface area contributed by atoms with E-state index in [-0.39, 0.29) is 16.0 Å². The number of ether oxygens (including phenoxy) is 1. The molecule has 2 aromatic carbocycles. The Morgan fingerprint density at radius 1 is 1.19 bits per heavy atom. The van der Waals surface area contributed by atoms with Crippen LogP contribution in [0.15, 0.2) is 53.4 Å². The van der Waals surface area contributed by atoms with Crippen LogP contribution in [-0.4, -0.2) is 26.0 Å². The summed E-state index contributed by atoms with van der Waals surface area (Å²) in [5, 5.41) is 0.250. The highest BCUT2D eigenvalue weighted by Crippen LogP contribution is 2.28. The molecule has 1 aromatic heterocycles. The number of rotatable bonds is 7. The summed E-state index contributed by atoms with van der Waals surface area (Å²) in [6, 6.07) is 13.1. The standard InChI is InChI=1S/C18H18N2O4S2/c1-2-3-11-24-17(21)13-9-10-15-16(12-13)25-18(19-15)20-26(22,23)14-7-5-4-6-8-14/h4-10,12H,2-3,11H2,1H3,(H,19,20). The molecular formula is C18H18N2O4S2. The zero-order valence-electron chi connectivity index (χ0n) is 14.1. The zero-order valence-corrected chi connectivity index (χ0v) is 15.8. The molecule has 0 aliphatic rings.